The summed E-state index contributed by atoms with van der Waals surface area (Å²) >= 11 is 0. The third kappa shape index (κ3) is 55.3. The van der Waals surface area contributed by atoms with E-state index >= 15 is 0 Å². The van der Waals surface area contributed by atoms with E-state index in [1.165, 1.54) is 103 Å². The van der Waals surface area contributed by atoms with E-state index in [1.54, 1.807) is 0 Å². The molecule has 0 aliphatic rings. The van der Waals surface area contributed by atoms with Crippen molar-refractivity contribution in [3.8, 4) is 0 Å². The van der Waals surface area contributed by atoms with Gasteiger partial charge in [0, 0.05) is 25.7 Å². The van der Waals surface area contributed by atoms with Crippen LogP contribution in [-0.4, -0.2) is 96.7 Å². The quantitative estimate of drug-likeness (QED) is 0.0222. The summed E-state index contributed by atoms with van der Waals surface area (Å²) in [7, 11) is -9.88. The van der Waals surface area contributed by atoms with Crippen molar-refractivity contribution in [2.24, 2.45) is 11.8 Å². The van der Waals surface area contributed by atoms with E-state index in [-0.39, 0.29) is 25.7 Å². The Hall–Kier alpha value is -1.94. The smallest absolute Gasteiger partial charge is 0.462 e. The molecule has 0 rings (SSSR count). The first-order valence-corrected chi connectivity index (χ1v) is 35.0. The molecule has 0 spiro atoms. The van der Waals surface area contributed by atoms with Gasteiger partial charge in [0.2, 0.25) is 0 Å². The highest BCUT2D eigenvalue weighted by atomic mass is 31.2. The molecule has 17 nitrogen and oxygen atoms in total. The molecule has 0 aliphatic heterocycles. The molecular weight excluding hydrogens is 1070 g/mol. The second kappa shape index (κ2) is 53.8. The van der Waals surface area contributed by atoms with Crippen LogP contribution in [0.5, 0.6) is 0 Å². The van der Waals surface area contributed by atoms with Gasteiger partial charge in [0.25, 0.3) is 0 Å². The summed E-state index contributed by atoms with van der Waals surface area (Å²) in [4.78, 5) is 71.9. The van der Waals surface area contributed by atoms with Crippen LogP contribution in [0.1, 0.15) is 298 Å². The molecule has 2 unspecified atom stereocenters. The normalized spacial score (nSPS) is 14.4. The zero-order valence-electron chi connectivity index (χ0n) is 51.4. The number of rotatable bonds is 60. The molecule has 474 valence electrons. The molecule has 0 bridgehead atoms. The Morgan fingerprint density at radius 2 is 0.575 bits per heavy atom. The van der Waals surface area contributed by atoms with E-state index in [4.69, 9.17) is 37.0 Å². The molecule has 3 N–H and O–H groups in total. The predicted octanol–water partition coefficient (Wildman–Crippen LogP) is 16.5. The Labute approximate surface area is 486 Å². The molecule has 80 heavy (non-hydrogen) atoms. The number of phosphoric acid groups is 2. The summed E-state index contributed by atoms with van der Waals surface area (Å²) in [5.41, 5.74) is 0. The zero-order chi connectivity index (χ0) is 59.4. The summed E-state index contributed by atoms with van der Waals surface area (Å²) < 4.78 is 67.8. The minimum atomic E-state index is -4.94. The van der Waals surface area contributed by atoms with Crippen molar-refractivity contribution in [3.05, 3.63) is 0 Å². The second-order valence-corrected chi connectivity index (χ2v) is 25.9. The summed E-state index contributed by atoms with van der Waals surface area (Å²) in [6.07, 6.45) is 35.0. The first-order chi connectivity index (χ1) is 38.4. The molecule has 0 saturated heterocycles. The van der Waals surface area contributed by atoms with Gasteiger partial charge in [-0.1, -0.05) is 247 Å². The Kier molecular flexibility index (Phi) is 52.5. The molecule has 0 aliphatic carbocycles. The maximum Gasteiger partial charge on any atom is 0.472 e. The van der Waals surface area contributed by atoms with Crippen molar-refractivity contribution in [2.75, 3.05) is 39.6 Å². The average molecular weight is 1190 g/mol. The van der Waals surface area contributed by atoms with E-state index in [9.17, 15) is 43.2 Å². The number of unbranched alkanes of at least 4 members (excludes halogenated alkanes) is 30. The number of hydrogen-bond donors (Lipinski definition) is 3. The van der Waals surface area contributed by atoms with Crippen LogP contribution >= 0.6 is 15.6 Å². The molecule has 19 heteroatoms. The molecule has 0 saturated carbocycles. The van der Waals surface area contributed by atoms with Crippen LogP contribution in [0.3, 0.4) is 0 Å². The lowest BCUT2D eigenvalue weighted by Gasteiger charge is -2.21. The van der Waals surface area contributed by atoms with Gasteiger partial charge in [-0.05, 0) is 37.5 Å². The number of esters is 4. The summed E-state index contributed by atoms with van der Waals surface area (Å²) in [6.45, 7) is 9.33. The van der Waals surface area contributed by atoms with E-state index in [0.29, 0.717) is 31.6 Å². The van der Waals surface area contributed by atoms with Crippen molar-refractivity contribution in [3.63, 3.8) is 0 Å². The highest BCUT2D eigenvalue weighted by Crippen LogP contribution is 2.45. The molecule has 5 atom stereocenters. The maximum atomic E-state index is 12.9. The Morgan fingerprint density at radius 1 is 0.338 bits per heavy atom. The molecule has 0 amide bonds. The molecule has 0 aromatic heterocycles. The average Bonchev–Trinajstić information content (AvgIpc) is 3.41. The number of aliphatic hydroxyl groups is 1. The number of aliphatic hydroxyl groups excluding tert-OH is 1. The number of carbonyl (C=O) groups excluding carboxylic acids is 4. The first-order valence-electron chi connectivity index (χ1n) is 32.0. The lowest BCUT2D eigenvalue weighted by molar-refractivity contribution is -0.161. The number of phosphoric ester groups is 2. The second-order valence-electron chi connectivity index (χ2n) is 23.0. The first kappa shape index (κ1) is 78.1. The predicted molar refractivity (Wildman–Crippen MR) is 317 cm³/mol. The summed E-state index contributed by atoms with van der Waals surface area (Å²) in [5, 5.41) is 10.5. The van der Waals surface area contributed by atoms with E-state index in [0.717, 1.165) is 109 Å². The van der Waals surface area contributed by atoms with Crippen molar-refractivity contribution in [1.82, 2.24) is 0 Å². The van der Waals surface area contributed by atoms with Crippen LogP contribution in [0.2, 0.25) is 0 Å². The molecule has 0 heterocycles. The van der Waals surface area contributed by atoms with Gasteiger partial charge in [0.1, 0.15) is 19.3 Å². The van der Waals surface area contributed by atoms with Crippen LogP contribution in [0.15, 0.2) is 0 Å². The Balaban J connectivity index is 5.22. The van der Waals surface area contributed by atoms with Crippen molar-refractivity contribution in [1.29, 1.82) is 0 Å². The third-order valence-electron chi connectivity index (χ3n) is 14.0. The van der Waals surface area contributed by atoms with Gasteiger partial charge < -0.3 is 33.8 Å². The van der Waals surface area contributed by atoms with E-state index in [2.05, 4.69) is 41.5 Å². The minimum absolute atomic E-state index is 0.103. The van der Waals surface area contributed by atoms with E-state index in [1.807, 2.05) is 0 Å². The highest BCUT2D eigenvalue weighted by Gasteiger charge is 2.30. The molecule has 0 aromatic carbocycles. The van der Waals surface area contributed by atoms with Gasteiger partial charge in [-0.25, -0.2) is 9.13 Å². The lowest BCUT2D eigenvalue weighted by Crippen LogP contribution is -2.30. The Morgan fingerprint density at radius 3 is 0.850 bits per heavy atom. The van der Waals surface area contributed by atoms with Gasteiger partial charge >= 0.3 is 39.5 Å². The molecule has 0 fully saturated rings. The van der Waals surface area contributed by atoms with Gasteiger partial charge in [-0.15, -0.1) is 0 Å². The van der Waals surface area contributed by atoms with Crippen molar-refractivity contribution < 1.29 is 80.2 Å². The minimum Gasteiger partial charge on any atom is -0.462 e. The molecular formula is C61H118O17P2. The van der Waals surface area contributed by atoms with Crippen LogP contribution in [0.4, 0.5) is 0 Å². The zero-order valence-corrected chi connectivity index (χ0v) is 53.2. The summed E-state index contributed by atoms with van der Waals surface area (Å²) in [5.74, 6) is -0.721. The highest BCUT2D eigenvalue weighted by molar-refractivity contribution is 7.47. The van der Waals surface area contributed by atoms with Gasteiger partial charge in [0.05, 0.1) is 26.4 Å². The van der Waals surface area contributed by atoms with E-state index < -0.39 is 97.5 Å². The van der Waals surface area contributed by atoms with Crippen LogP contribution in [-0.2, 0) is 65.4 Å². The third-order valence-corrected chi connectivity index (χ3v) is 15.9. The fourth-order valence-electron chi connectivity index (χ4n) is 9.00. The standard InChI is InChI=1S/C61H118O17P2/c1-7-9-11-13-15-16-17-18-19-27-33-39-45-60(65)77-57(50-72-59(64)44-38-32-26-21-20-24-29-35-41-53(3)4)52-76-80(69,70)74-48-55(62)47-73-79(67,68)75-51-56(49-71-58(63)43-37-31-23-14-12-10-8-2)78-61(66)46-40-34-28-22-25-30-36-42-54(5)6/h53-57,62H,7-52H2,1-6H3,(H,67,68)(H,69,70)/t55-,56+,57+/m0/s1. The number of ether oxygens (including phenoxy) is 4. The SMILES string of the molecule is CCCCCCCCCCCCCCC(=O)O[C@H](COC(=O)CCCCCCCCCCC(C)C)COP(=O)(O)OC[C@@H](O)COP(=O)(O)OC[C@@H](COC(=O)CCCCCCCCC)OC(=O)CCCCCCCCCC(C)C. The number of carbonyl (C=O) groups is 4. The van der Waals surface area contributed by atoms with Gasteiger partial charge in [0.15, 0.2) is 12.2 Å². The van der Waals surface area contributed by atoms with Crippen LogP contribution in [0, 0.1) is 11.8 Å². The molecule has 0 radical (unpaired) electrons. The topological polar surface area (TPSA) is 237 Å². The maximum absolute atomic E-state index is 12.9. The van der Waals surface area contributed by atoms with Crippen LogP contribution < -0.4 is 0 Å². The van der Waals surface area contributed by atoms with Gasteiger partial charge in [-0.3, -0.25) is 37.3 Å². The molecule has 0 aromatic rings. The lowest BCUT2D eigenvalue weighted by atomic mass is 10.0. The monoisotopic (exact) mass is 1180 g/mol. The largest absolute Gasteiger partial charge is 0.472 e. The fraction of sp³-hybridized carbons (Fsp3) is 0.934. The fourth-order valence-corrected chi connectivity index (χ4v) is 10.6. The van der Waals surface area contributed by atoms with Crippen LogP contribution in [0.25, 0.3) is 0 Å². The Bertz CT molecular complexity index is 1580. The van der Waals surface area contributed by atoms with Crippen molar-refractivity contribution >= 4 is 39.5 Å². The number of hydrogen-bond acceptors (Lipinski definition) is 15. The van der Waals surface area contributed by atoms with Gasteiger partial charge in [-0.2, -0.15) is 0 Å². The van der Waals surface area contributed by atoms with Crippen molar-refractivity contribution in [2.45, 2.75) is 317 Å². The summed E-state index contributed by atoms with van der Waals surface area (Å²) in [6, 6.07) is 0.